The zero-order chi connectivity index (χ0) is 29.1. The summed E-state index contributed by atoms with van der Waals surface area (Å²) in [4.78, 5) is 17.4. The number of halogens is 8. The van der Waals surface area contributed by atoms with E-state index in [0.717, 1.165) is 18.7 Å². The summed E-state index contributed by atoms with van der Waals surface area (Å²) in [7, 11) is 0. The fourth-order valence-electron chi connectivity index (χ4n) is 5.43. The van der Waals surface area contributed by atoms with Crippen LogP contribution in [0.5, 0.6) is 0 Å². The quantitative estimate of drug-likeness (QED) is 0.328. The molecule has 0 radical (unpaired) electrons. The Balaban J connectivity index is 1.47. The molecule has 1 saturated carbocycles. The largest absolute Gasteiger partial charge is 0.416 e. The fraction of sp³-hybridized carbons (Fsp3) is 0.519. The van der Waals surface area contributed by atoms with E-state index in [9.17, 15) is 31.1 Å². The van der Waals surface area contributed by atoms with Gasteiger partial charge in [-0.2, -0.15) is 26.3 Å². The van der Waals surface area contributed by atoms with Crippen LogP contribution in [0.2, 0.25) is 10.0 Å². The van der Waals surface area contributed by atoms with Crippen LogP contribution >= 0.6 is 23.2 Å². The van der Waals surface area contributed by atoms with Crippen LogP contribution in [0.4, 0.5) is 36.8 Å². The number of nitrogens with zero attached hydrogens (tertiary/aromatic N) is 2. The molecular weight excluding hydrogens is 581 g/mol. The van der Waals surface area contributed by atoms with Crippen molar-refractivity contribution in [1.82, 2.24) is 15.1 Å². The summed E-state index contributed by atoms with van der Waals surface area (Å²) in [5.41, 5.74) is -2.87. The average Bonchev–Trinajstić information content (AvgIpc) is 2.90. The number of piperazine rings is 1. The van der Waals surface area contributed by atoms with Crippen LogP contribution in [0.25, 0.3) is 0 Å². The Labute approximate surface area is 238 Å². The summed E-state index contributed by atoms with van der Waals surface area (Å²) >= 11 is 12.3. The second-order valence-electron chi connectivity index (χ2n) is 10.2. The molecule has 0 aromatic heterocycles. The Kier molecular flexibility index (Phi) is 9.80. The molecule has 1 heterocycles. The lowest BCUT2D eigenvalue weighted by atomic mass is 9.93. The predicted octanol–water partition coefficient (Wildman–Crippen LogP) is 7.84. The van der Waals surface area contributed by atoms with Crippen LogP contribution in [0.3, 0.4) is 0 Å². The van der Waals surface area contributed by atoms with Gasteiger partial charge in [-0.1, -0.05) is 48.5 Å². The van der Waals surface area contributed by atoms with Crippen LogP contribution in [-0.2, 0) is 12.4 Å². The molecule has 4 rings (SSSR count). The standard InChI is InChI=1S/C27H30Cl2F6N4O/c28-22-7-6-17(12-23(22)29)24(39-10-8-38(9-11-39)21-4-2-1-3-5-21)16-36-25(40)37-20-14-18(26(30,31)32)13-19(15-20)27(33,34)35/h6-7,12-15,21,24H,1-5,8-11,16H2,(H2,36,37,40). The molecule has 1 atom stereocenters. The van der Waals surface area contributed by atoms with Gasteiger partial charge in [0, 0.05) is 44.5 Å². The number of alkyl halides is 6. The molecule has 2 aliphatic rings. The molecule has 1 unspecified atom stereocenters. The predicted molar refractivity (Wildman–Crippen MR) is 143 cm³/mol. The summed E-state index contributed by atoms with van der Waals surface area (Å²) in [5.74, 6) is 0. The molecule has 2 amide bonds. The van der Waals surface area contributed by atoms with E-state index < -0.39 is 35.2 Å². The Morgan fingerprint density at radius 1 is 0.850 bits per heavy atom. The average molecular weight is 611 g/mol. The second-order valence-corrected chi connectivity index (χ2v) is 11.0. The van der Waals surface area contributed by atoms with E-state index in [-0.39, 0.29) is 18.7 Å². The number of anilines is 1. The number of benzene rings is 2. The van der Waals surface area contributed by atoms with Gasteiger partial charge in [-0.25, -0.2) is 4.79 Å². The molecule has 220 valence electrons. The fourth-order valence-corrected chi connectivity index (χ4v) is 5.74. The van der Waals surface area contributed by atoms with Gasteiger partial charge in [0.25, 0.3) is 0 Å². The van der Waals surface area contributed by atoms with Gasteiger partial charge < -0.3 is 10.6 Å². The molecule has 2 aromatic carbocycles. The van der Waals surface area contributed by atoms with Gasteiger partial charge in [-0.05, 0) is 48.7 Å². The molecule has 13 heteroatoms. The normalized spacial score (nSPS) is 18.9. The van der Waals surface area contributed by atoms with Gasteiger partial charge in [-0.15, -0.1) is 0 Å². The summed E-state index contributed by atoms with van der Waals surface area (Å²) in [5, 5.41) is 5.43. The van der Waals surface area contributed by atoms with Crippen LogP contribution in [0, 0.1) is 0 Å². The lowest BCUT2D eigenvalue weighted by Crippen LogP contribution is -2.53. The Morgan fingerprint density at radius 2 is 1.45 bits per heavy atom. The van der Waals surface area contributed by atoms with E-state index in [0.29, 0.717) is 41.3 Å². The Bertz CT molecular complexity index is 1150. The van der Waals surface area contributed by atoms with Crippen molar-refractivity contribution in [3.63, 3.8) is 0 Å². The molecule has 1 aliphatic carbocycles. The number of amides is 2. The summed E-state index contributed by atoms with van der Waals surface area (Å²) < 4.78 is 79.2. The van der Waals surface area contributed by atoms with Crippen molar-refractivity contribution in [3.8, 4) is 0 Å². The van der Waals surface area contributed by atoms with E-state index in [2.05, 4.69) is 20.4 Å². The van der Waals surface area contributed by atoms with E-state index in [1.807, 2.05) is 0 Å². The zero-order valence-electron chi connectivity index (χ0n) is 21.5. The second kappa shape index (κ2) is 12.8. The first-order valence-electron chi connectivity index (χ1n) is 13.1. The maximum atomic E-state index is 13.2. The number of rotatable bonds is 6. The summed E-state index contributed by atoms with van der Waals surface area (Å²) in [6, 6.07) is 5.36. The van der Waals surface area contributed by atoms with E-state index in [1.165, 1.54) is 32.1 Å². The Hall–Kier alpha value is -2.21. The van der Waals surface area contributed by atoms with Gasteiger partial charge >= 0.3 is 18.4 Å². The number of carbonyl (C=O) groups excluding carboxylic acids is 1. The molecule has 1 aliphatic heterocycles. The molecule has 2 N–H and O–H groups in total. The van der Waals surface area contributed by atoms with Crippen molar-refractivity contribution in [3.05, 3.63) is 63.1 Å². The van der Waals surface area contributed by atoms with Crippen LogP contribution < -0.4 is 10.6 Å². The minimum atomic E-state index is -5.02. The third-order valence-corrected chi connectivity index (χ3v) is 8.25. The molecular formula is C27H30Cl2F6N4O. The molecule has 5 nitrogen and oxygen atoms in total. The molecule has 0 bridgehead atoms. The topological polar surface area (TPSA) is 47.6 Å². The summed E-state index contributed by atoms with van der Waals surface area (Å²) in [6.45, 7) is 3.16. The third-order valence-electron chi connectivity index (χ3n) is 7.51. The molecule has 2 aromatic rings. The molecule has 2 fully saturated rings. The van der Waals surface area contributed by atoms with Crippen molar-refractivity contribution in [2.75, 3.05) is 38.0 Å². The third kappa shape index (κ3) is 7.96. The summed E-state index contributed by atoms with van der Waals surface area (Å²) in [6.07, 6.45) is -3.95. The minimum Gasteiger partial charge on any atom is -0.336 e. The van der Waals surface area contributed by atoms with E-state index in [1.54, 1.807) is 18.2 Å². The van der Waals surface area contributed by atoms with Gasteiger partial charge in [0.2, 0.25) is 0 Å². The van der Waals surface area contributed by atoms with Gasteiger partial charge in [0.15, 0.2) is 0 Å². The van der Waals surface area contributed by atoms with Gasteiger partial charge in [-0.3, -0.25) is 9.80 Å². The van der Waals surface area contributed by atoms with Crippen molar-refractivity contribution < 1.29 is 31.1 Å². The monoisotopic (exact) mass is 610 g/mol. The SMILES string of the molecule is O=C(NCC(c1ccc(Cl)c(Cl)c1)N1CCN(C2CCCCC2)CC1)Nc1cc(C(F)(F)F)cc(C(F)(F)F)c1. The maximum absolute atomic E-state index is 13.2. The highest BCUT2D eigenvalue weighted by atomic mass is 35.5. The number of nitrogens with one attached hydrogen (secondary N) is 2. The van der Waals surface area contributed by atoms with Crippen molar-refractivity contribution in [2.24, 2.45) is 0 Å². The molecule has 0 spiro atoms. The van der Waals surface area contributed by atoms with Crippen molar-refractivity contribution >= 4 is 34.9 Å². The number of hydrogen-bond donors (Lipinski definition) is 2. The number of carbonyl (C=O) groups is 1. The van der Waals surface area contributed by atoms with E-state index >= 15 is 0 Å². The van der Waals surface area contributed by atoms with Crippen LogP contribution in [-0.4, -0.2) is 54.6 Å². The highest BCUT2D eigenvalue weighted by molar-refractivity contribution is 6.42. The number of urea groups is 1. The molecule has 40 heavy (non-hydrogen) atoms. The first kappa shape index (κ1) is 30.7. The first-order chi connectivity index (χ1) is 18.8. The first-order valence-corrected chi connectivity index (χ1v) is 13.8. The highest BCUT2D eigenvalue weighted by Gasteiger charge is 2.37. The minimum absolute atomic E-state index is 0.0103. The van der Waals surface area contributed by atoms with Gasteiger partial charge in [0.1, 0.15) is 0 Å². The van der Waals surface area contributed by atoms with Crippen LogP contribution in [0.15, 0.2) is 36.4 Å². The van der Waals surface area contributed by atoms with Crippen molar-refractivity contribution in [1.29, 1.82) is 0 Å². The van der Waals surface area contributed by atoms with Crippen LogP contribution in [0.1, 0.15) is 54.8 Å². The molecule has 1 saturated heterocycles. The van der Waals surface area contributed by atoms with Gasteiger partial charge in [0.05, 0.1) is 27.2 Å². The van der Waals surface area contributed by atoms with E-state index in [4.69, 9.17) is 23.2 Å². The lowest BCUT2D eigenvalue weighted by Gasteiger charge is -2.43. The lowest BCUT2D eigenvalue weighted by molar-refractivity contribution is -0.143. The maximum Gasteiger partial charge on any atom is 0.416 e. The zero-order valence-corrected chi connectivity index (χ0v) is 23.0. The van der Waals surface area contributed by atoms with Crippen molar-refractivity contribution in [2.45, 2.75) is 56.5 Å². The smallest absolute Gasteiger partial charge is 0.336 e. The number of hydrogen-bond acceptors (Lipinski definition) is 3. The highest BCUT2D eigenvalue weighted by Crippen LogP contribution is 2.37. The Morgan fingerprint density at radius 3 is 2.00 bits per heavy atom.